The van der Waals surface area contributed by atoms with Gasteiger partial charge < -0.3 is 4.74 Å². The first kappa shape index (κ1) is 11.2. The zero-order valence-electron chi connectivity index (χ0n) is 8.17. The van der Waals surface area contributed by atoms with E-state index in [0.717, 1.165) is 6.42 Å². The molecule has 0 bridgehead atoms. The Morgan fingerprint density at radius 1 is 1.50 bits per heavy atom. The van der Waals surface area contributed by atoms with Crippen LogP contribution in [0.3, 0.4) is 0 Å². The van der Waals surface area contributed by atoms with Gasteiger partial charge >= 0.3 is 5.97 Å². The third-order valence-electron chi connectivity index (χ3n) is 1.34. The van der Waals surface area contributed by atoms with E-state index >= 15 is 0 Å². The highest BCUT2D eigenvalue weighted by molar-refractivity contribution is 5.69. The number of rotatable bonds is 5. The van der Waals surface area contributed by atoms with Crippen molar-refractivity contribution in [3.05, 3.63) is 12.2 Å². The number of hydrogen-bond donors (Lipinski definition) is 0. The molecule has 0 amide bonds. The van der Waals surface area contributed by atoms with Crippen LogP contribution < -0.4 is 0 Å². The van der Waals surface area contributed by atoms with Crippen molar-refractivity contribution in [2.75, 3.05) is 6.61 Å². The van der Waals surface area contributed by atoms with Gasteiger partial charge in [0.25, 0.3) is 0 Å². The third kappa shape index (κ3) is 7.32. The molecule has 0 fully saturated rings. The van der Waals surface area contributed by atoms with Gasteiger partial charge in [-0.1, -0.05) is 26.0 Å². The van der Waals surface area contributed by atoms with Crippen molar-refractivity contribution in [2.45, 2.75) is 33.6 Å². The number of carbonyl (C=O) groups is 1. The van der Waals surface area contributed by atoms with E-state index in [4.69, 9.17) is 4.74 Å². The lowest BCUT2D eigenvalue weighted by molar-refractivity contribution is -0.142. The standard InChI is InChI=1S/C10H18O2/c1-4-12-10(11)8-6-5-7-9(2)3/h5,7,9H,4,6,8H2,1-3H3/b7-5+. The first-order valence-corrected chi connectivity index (χ1v) is 4.49. The van der Waals surface area contributed by atoms with Gasteiger partial charge in [0.05, 0.1) is 6.61 Å². The van der Waals surface area contributed by atoms with Crippen molar-refractivity contribution in [2.24, 2.45) is 5.92 Å². The van der Waals surface area contributed by atoms with E-state index in [2.05, 4.69) is 19.9 Å². The summed E-state index contributed by atoms with van der Waals surface area (Å²) in [7, 11) is 0. The Labute approximate surface area is 74.6 Å². The topological polar surface area (TPSA) is 26.3 Å². The summed E-state index contributed by atoms with van der Waals surface area (Å²) in [6.07, 6.45) is 5.41. The average molecular weight is 170 g/mol. The normalized spacial score (nSPS) is 11.0. The molecule has 0 N–H and O–H groups in total. The van der Waals surface area contributed by atoms with Gasteiger partial charge in [0.15, 0.2) is 0 Å². The summed E-state index contributed by atoms with van der Waals surface area (Å²) in [4.78, 5) is 10.8. The van der Waals surface area contributed by atoms with Gasteiger partial charge in [0, 0.05) is 6.42 Å². The number of hydrogen-bond acceptors (Lipinski definition) is 2. The van der Waals surface area contributed by atoms with Gasteiger partial charge in [0.1, 0.15) is 0 Å². The van der Waals surface area contributed by atoms with Crippen molar-refractivity contribution in [1.82, 2.24) is 0 Å². The van der Waals surface area contributed by atoms with E-state index in [-0.39, 0.29) is 5.97 Å². The second-order valence-electron chi connectivity index (χ2n) is 3.02. The van der Waals surface area contributed by atoms with E-state index in [9.17, 15) is 4.79 Å². The molecular formula is C10H18O2. The zero-order chi connectivity index (χ0) is 9.40. The van der Waals surface area contributed by atoms with Crippen LogP contribution in [0.15, 0.2) is 12.2 Å². The Kier molecular flexibility index (Phi) is 6.44. The number of carbonyl (C=O) groups excluding carboxylic acids is 1. The molecule has 0 radical (unpaired) electrons. The van der Waals surface area contributed by atoms with Crippen molar-refractivity contribution in [3.8, 4) is 0 Å². The zero-order valence-corrected chi connectivity index (χ0v) is 8.17. The lowest BCUT2D eigenvalue weighted by Crippen LogP contribution is -2.02. The van der Waals surface area contributed by atoms with E-state index < -0.39 is 0 Å². The molecule has 0 unspecified atom stereocenters. The number of ether oxygens (including phenoxy) is 1. The highest BCUT2D eigenvalue weighted by Gasteiger charge is 1.97. The fraction of sp³-hybridized carbons (Fsp3) is 0.700. The lowest BCUT2D eigenvalue weighted by Gasteiger charge is -1.98. The molecule has 0 aliphatic heterocycles. The van der Waals surface area contributed by atoms with E-state index in [1.165, 1.54) is 0 Å². The van der Waals surface area contributed by atoms with Gasteiger partial charge in [-0.15, -0.1) is 0 Å². The van der Waals surface area contributed by atoms with E-state index in [1.807, 2.05) is 13.0 Å². The Balaban J connectivity index is 3.36. The van der Waals surface area contributed by atoms with Crippen LogP contribution in [0, 0.1) is 5.92 Å². The lowest BCUT2D eigenvalue weighted by atomic mass is 10.2. The minimum Gasteiger partial charge on any atom is -0.466 e. The third-order valence-corrected chi connectivity index (χ3v) is 1.34. The molecule has 0 aliphatic rings. The van der Waals surface area contributed by atoms with Crippen molar-refractivity contribution >= 4 is 5.97 Å². The summed E-state index contributed by atoms with van der Waals surface area (Å²) in [6.45, 7) is 6.52. The second kappa shape index (κ2) is 6.89. The van der Waals surface area contributed by atoms with Crippen molar-refractivity contribution in [1.29, 1.82) is 0 Å². The molecule has 2 nitrogen and oxygen atoms in total. The van der Waals surface area contributed by atoms with Crippen LogP contribution >= 0.6 is 0 Å². The Morgan fingerprint density at radius 2 is 2.17 bits per heavy atom. The quantitative estimate of drug-likeness (QED) is 0.468. The molecule has 0 heterocycles. The SMILES string of the molecule is CCOC(=O)CC/C=C/C(C)C. The summed E-state index contributed by atoms with van der Waals surface area (Å²) >= 11 is 0. The van der Waals surface area contributed by atoms with Gasteiger partial charge in [-0.2, -0.15) is 0 Å². The van der Waals surface area contributed by atoms with Crippen molar-refractivity contribution in [3.63, 3.8) is 0 Å². The summed E-state index contributed by atoms with van der Waals surface area (Å²) < 4.78 is 4.78. The van der Waals surface area contributed by atoms with Gasteiger partial charge in [-0.25, -0.2) is 0 Å². The second-order valence-corrected chi connectivity index (χ2v) is 3.02. The molecule has 0 saturated heterocycles. The molecule has 0 saturated carbocycles. The van der Waals surface area contributed by atoms with Gasteiger partial charge in [0.2, 0.25) is 0 Å². The Bertz CT molecular complexity index is 148. The molecule has 0 aromatic carbocycles. The van der Waals surface area contributed by atoms with Gasteiger partial charge in [-0.3, -0.25) is 4.79 Å². The molecular weight excluding hydrogens is 152 g/mol. The van der Waals surface area contributed by atoms with Crippen LogP contribution in [-0.2, 0) is 9.53 Å². The first-order chi connectivity index (χ1) is 5.66. The predicted molar refractivity (Wildman–Crippen MR) is 49.8 cm³/mol. The molecule has 2 heteroatoms. The molecule has 0 aromatic heterocycles. The summed E-state index contributed by atoms with van der Waals surface area (Å²) in [5.74, 6) is 0.457. The van der Waals surface area contributed by atoms with Crippen LogP contribution in [0.5, 0.6) is 0 Å². The number of allylic oxidation sites excluding steroid dienone is 2. The molecule has 0 atom stereocenters. The highest BCUT2D eigenvalue weighted by Crippen LogP contribution is 1.98. The van der Waals surface area contributed by atoms with Gasteiger partial charge in [-0.05, 0) is 19.3 Å². The maximum Gasteiger partial charge on any atom is 0.306 e. The average Bonchev–Trinajstić information content (AvgIpc) is 1.98. The molecule has 0 rings (SSSR count). The monoisotopic (exact) mass is 170 g/mol. The van der Waals surface area contributed by atoms with E-state index in [0.29, 0.717) is 18.9 Å². The smallest absolute Gasteiger partial charge is 0.306 e. The maximum absolute atomic E-state index is 10.8. The molecule has 0 aromatic rings. The maximum atomic E-state index is 10.8. The van der Waals surface area contributed by atoms with Crippen LogP contribution in [-0.4, -0.2) is 12.6 Å². The van der Waals surface area contributed by atoms with Crippen LogP contribution in [0.4, 0.5) is 0 Å². The highest BCUT2D eigenvalue weighted by atomic mass is 16.5. The fourth-order valence-corrected chi connectivity index (χ4v) is 0.803. The van der Waals surface area contributed by atoms with Crippen LogP contribution in [0.25, 0.3) is 0 Å². The molecule has 12 heavy (non-hydrogen) atoms. The Morgan fingerprint density at radius 3 is 2.67 bits per heavy atom. The minimum absolute atomic E-state index is 0.106. The Hall–Kier alpha value is -0.790. The van der Waals surface area contributed by atoms with Crippen molar-refractivity contribution < 1.29 is 9.53 Å². The summed E-state index contributed by atoms with van der Waals surface area (Å²) in [6, 6.07) is 0. The minimum atomic E-state index is -0.106. The summed E-state index contributed by atoms with van der Waals surface area (Å²) in [5, 5.41) is 0. The fourth-order valence-electron chi connectivity index (χ4n) is 0.803. The largest absolute Gasteiger partial charge is 0.466 e. The molecule has 0 spiro atoms. The first-order valence-electron chi connectivity index (χ1n) is 4.49. The number of esters is 1. The molecule has 0 aliphatic carbocycles. The van der Waals surface area contributed by atoms with E-state index in [1.54, 1.807) is 0 Å². The molecule has 70 valence electrons. The van der Waals surface area contributed by atoms with Crippen LogP contribution in [0.1, 0.15) is 33.6 Å². The van der Waals surface area contributed by atoms with Crippen LogP contribution in [0.2, 0.25) is 0 Å². The summed E-state index contributed by atoms with van der Waals surface area (Å²) in [5.41, 5.74) is 0. The predicted octanol–water partition coefficient (Wildman–Crippen LogP) is 2.54.